The van der Waals surface area contributed by atoms with Crippen molar-refractivity contribution in [1.82, 2.24) is 4.90 Å². The number of rotatable bonds is 2. The molecule has 0 aromatic heterocycles. The first-order valence-corrected chi connectivity index (χ1v) is 13.9. The average molecular weight is 555 g/mol. The van der Waals surface area contributed by atoms with Gasteiger partial charge in [0.2, 0.25) is 11.8 Å². The Bertz CT molecular complexity index is 1430. The summed E-state index contributed by atoms with van der Waals surface area (Å²) in [5, 5.41) is 0. The number of likely N-dealkylation sites (tertiary alicyclic amines) is 1. The molecule has 5 nitrogen and oxygen atoms in total. The zero-order valence-corrected chi connectivity index (χ0v) is 22.1. The lowest BCUT2D eigenvalue weighted by molar-refractivity contribution is -0.122. The quantitative estimate of drug-likeness (QED) is 0.312. The van der Waals surface area contributed by atoms with Crippen LogP contribution in [0.25, 0.3) is 0 Å². The molecular formula is C31H27BrN2O3. The second-order valence-corrected chi connectivity index (χ2v) is 12.2. The number of hydrogen-bond donors (Lipinski definition) is 0. The van der Waals surface area contributed by atoms with Gasteiger partial charge in [0.1, 0.15) is 0 Å². The number of piperidine rings is 1. The summed E-state index contributed by atoms with van der Waals surface area (Å²) in [6.45, 7) is 3.69. The molecule has 0 radical (unpaired) electrons. The third-order valence-corrected chi connectivity index (χ3v) is 10.3. The van der Waals surface area contributed by atoms with Gasteiger partial charge in [-0.1, -0.05) is 77.5 Å². The summed E-state index contributed by atoms with van der Waals surface area (Å²) >= 11 is 4.04. The maximum absolute atomic E-state index is 14.2. The molecule has 186 valence electrons. The zero-order valence-electron chi connectivity index (χ0n) is 20.6. The molecule has 5 aliphatic rings. The van der Waals surface area contributed by atoms with Crippen molar-refractivity contribution in [1.29, 1.82) is 0 Å². The highest BCUT2D eigenvalue weighted by Gasteiger charge is 2.67. The number of halogens is 1. The van der Waals surface area contributed by atoms with Gasteiger partial charge in [-0.3, -0.25) is 14.4 Å². The van der Waals surface area contributed by atoms with Crippen molar-refractivity contribution in [2.45, 2.75) is 30.0 Å². The Morgan fingerprint density at radius 3 is 2.14 bits per heavy atom. The molecule has 3 amide bonds. The summed E-state index contributed by atoms with van der Waals surface area (Å²) in [5.41, 5.74) is 5.32. The monoisotopic (exact) mass is 554 g/mol. The highest BCUT2D eigenvalue weighted by Crippen LogP contribution is 2.66. The number of imide groups is 1. The minimum atomic E-state index is -0.779. The molecule has 2 saturated heterocycles. The fraction of sp³-hybridized carbons (Fsp3) is 0.323. The van der Waals surface area contributed by atoms with E-state index in [9.17, 15) is 14.4 Å². The molecule has 37 heavy (non-hydrogen) atoms. The van der Waals surface area contributed by atoms with Crippen LogP contribution in [-0.2, 0) is 13.9 Å². The van der Waals surface area contributed by atoms with Crippen LogP contribution in [0.5, 0.6) is 0 Å². The van der Waals surface area contributed by atoms with Crippen LogP contribution in [0, 0.1) is 17.8 Å². The molecule has 0 saturated carbocycles. The van der Waals surface area contributed by atoms with E-state index in [0.717, 1.165) is 48.2 Å². The molecule has 2 heterocycles. The van der Waals surface area contributed by atoms with Crippen molar-refractivity contribution >= 4 is 39.3 Å². The largest absolute Gasteiger partial charge is 0.339 e. The van der Waals surface area contributed by atoms with Crippen LogP contribution in [-0.4, -0.2) is 35.7 Å². The number of hydrogen-bond acceptors (Lipinski definition) is 3. The molecule has 2 atom stereocenters. The Hall–Kier alpha value is -3.25. The van der Waals surface area contributed by atoms with Gasteiger partial charge in [0.15, 0.2) is 0 Å². The van der Waals surface area contributed by atoms with E-state index in [1.165, 1.54) is 4.90 Å². The van der Waals surface area contributed by atoms with Crippen LogP contribution in [0.15, 0.2) is 72.8 Å². The Labute approximate surface area is 224 Å². The van der Waals surface area contributed by atoms with E-state index in [0.29, 0.717) is 17.2 Å². The van der Waals surface area contributed by atoms with Crippen LogP contribution < -0.4 is 4.90 Å². The molecule has 0 N–H and O–H groups in total. The molecule has 3 aromatic carbocycles. The topological polar surface area (TPSA) is 57.7 Å². The molecule has 6 heteroatoms. The molecule has 3 aliphatic carbocycles. The summed E-state index contributed by atoms with van der Waals surface area (Å²) in [7, 11) is 0. The van der Waals surface area contributed by atoms with Crippen LogP contribution >= 0.6 is 15.9 Å². The van der Waals surface area contributed by atoms with Gasteiger partial charge >= 0.3 is 0 Å². The lowest BCUT2D eigenvalue weighted by atomic mass is 9.55. The summed E-state index contributed by atoms with van der Waals surface area (Å²) in [6, 6.07) is 23.4. The average Bonchev–Trinajstić information content (AvgIpc) is 3.20. The van der Waals surface area contributed by atoms with E-state index in [1.807, 2.05) is 29.2 Å². The van der Waals surface area contributed by atoms with Crippen LogP contribution in [0.2, 0.25) is 0 Å². The van der Waals surface area contributed by atoms with E-state index in [1.54, 1.807) is 24.3 Å². The van der Waals surface area contributed by atoms with Crippen molar-refractivity contribution in [3.8, 4) is 0 Å². The number of carbonyl (C=O) groups is 3. The maximum atomic E-state index is 14.2. The second-order valence-electron chi connectivity index (χ2n) is 10.9. The van der Waals surface area contributed by atoms with E-state index in [-0.39, 0.29) is 23.6 Å². The molecule has 0 unspecified atom stereocenters. The van der Waals surface area contributed by atoms with E-state index in [4.69, 9.17) is 0 Å². The number of benzene rings is 3. The fourth-order valence-corrected chi connectivity index (χ4v) is 8.31. The Balaban J connectivity index is 1.30. The minimum absolute atomic E-state index is 0.0397. The highest BCUT2D eigenvalue weighted by atomic mass is 79.9. The number of carbonyl (C=O) groups excluding carboxylic acids is 3. The second kappa shape index (κ2) is 8.12. The van der Waals surface area contributed by atoms with Gasteiger partial charge in [-0.05, 0) is 59.2 Å². The normalized spacial score (nSPS) is 28.2. The van der Waals surface area contributed by atoms with Crippen LogP contribution in [0.1, 0.15) is 58.3 Å². The van der Waals surface area contributed by atoms with Crippen LogP contribution in [0.4, 0.5) is 5.69 Å². The third kappa shape index (κ3) is 3.05. The summed E-state index contributed by atoms with van der Waals surface area (Å²) in [5.74, 6) is -1.06. The predicted molar refractivity (Wildman–Crippen MR) is 145 cm³/mol. The van der Waals surface area contributed by atoms with Crippen molar-refractivity contribution in [3.05, 3.63) is 101 Å². The van der Waals surface area contributed by atoms with E-state index in [2.05, 4.69) is 47.1 Å². The fourth-order valence-electron chi connectivity index (χ4n) is 7.11. The van der Waals surface area contributed by atoms with Gasteiger partial charge in [0.25, 0.3) is 5.91 Å². The van der Waals surface area contributed by atoms with Gasteiger partial charge in [-0.25, -0.2) is 4.90 Å². The Morgan fingerprint density at radius 1 is 0.865 bits per heavy atom. The smallest absolute Gasteiger partial charge is 0.253 e. The summed E-state index contributed by atoms with van der Waals surface area (Å²) in [4.78, 5) is 44.8. The molecule has 0 spiro atoms. The third-order valence-electron chi connectivity index (χ3n) is 8.94. The summed E-state index contributed by atoms with van der Waals surface area (Å²) in [6.07, 6.45) is 1.99. The molecule has 8 rings (SSSR count). The van der Waals surface area contributed by atoms with Crippen molar-refractivity contribution in [2.75, 3.05) is 18.0 Å². The molecular weight excluding hydrogens is 528 g/mol. The number of nitrogens with zero attached hydrogens (tertiary/aromatic N) is 2. The SMILES string of the molecule is CC1CCN(C(=O)c2cccc(N3C(=O)[C@@H]4C5c6ccccc6C(Br)(c6ccccc65)[C@H]4C3=O)c2)CC1. The lowest BCUT2D eigenvalue weighted by Crippen LogP contribution is -2.50. The molecule has 2 bridgehead atoms. The first-order chi connectivity index (χ1) is 17.9. The first-order valence-electron chi connectivity index (χ1n) is 13.1. The van der Waals surface area contributed by atoms with Crippen molar-refractivity contribution < 1.29 is 14.4 Å². The highest BCUT2D eigenvalue weighted by molar-refractivity contribution is 9.09. The van der Waals surface area contributed by atoms with Crippen molar-refractivity contribution in [3.63, 3.8) is 0 Å². The maximum Gasteiger partial charge on any atom is 0.253 e. The van der Waals surface area contributed by atoms with Gasteiger partial charge in [-0.15, -0.1) is 0 Å². The van der Waals surface area contributed by atoms with Gasteiger partial charge in [-0.2, -0.15) is 0 Å². The standard InChI is InChI=1S/C31H27BrN2O3/c1-18-13-15-33(16-14-18)28(35)19-7-6-8-20(17-19)34-29(36)26-25-21-9-2-4-11-23(21)31(32,27(26)30(34)37)24-12-5-3-10-22(24)25/h2-12,17-18,25-27H,13-16H2,1H3/t25?,26-,27-,31?/m1/s1. The minimum Gasteiger partial charge on any atom is -0.339 e. The van der Waals surface area contributed by atoms with E-state index < -0.39 is 16.2 Å². The zero-order chi connectivity index (χ0) is 25.5. The molecule has 2 aliphatic heterocycles. The Morgan fingerprint density at radius 2 is 1.49 bits per heavy atom. The van der Waals surface area contributed by atoms with Gasteiger partial charge in [0.05, 0.1) is 21.8 Å². The van der Waals surface area contributed by atoms with E-state index >= 15 is 0 Å². The predicted octanol–water partition coefficient (Wildman–Crippen LogP) is 5.46. The van der Waals surface area contributed by atoms with Gasteiger partial charge < -0.3 is 4.90 Å². The first kappa shape index (κ1) is 22.9. The number of amides is 3. The van der Waals surface area contributed by atoms with Crippen LogP contribution in [0.3, 0.4) is 0 Å². The summed E-state index contributed by atoms with van der Waals surface area (Å²) < 4.78 is -0.779. The van der Waals surface area contributed by atoms with Crippen molar-refractivity contribution in [2.24, 2.45) is 17.8 Å². The molecule has 3 aromatic rings. The van der Waals surface area contributed by atoms with Gasteiger partial charge in [0, 0.05) is 24.6 Å². The molecule has 2 fully saturated rings. The Kier molecular flexibility index (Phi) is 5.03. The lowest BCUT2D eigenvalue weighted by Gasteiger charge is -2.51. The number of alkyl halides is 1. The number of anilines is 1.